The van der Waals surface area contributed by atoms with Crippen LogP contribution < -0.4 is 20.4 Å². The zero-order valence-electron chi connectivity index (χ0n) is 30.8. The Morgan fingerprint density at radius 3 is 2.39 bits per heavy atom. The second kappa shape index (κ2) is 14.6. The van der Waals surface area contributed by atoms with Gasteiger partial charge in [0.15, 0.2) is 16.5 Å². The Morgan fingerprint density at radius 1 is 0.932 bits per heavy atom. The van der Waals surface area contributed by atoms with Crippen molar-refractivity contribution < 1.29 is 40.3 Å². The molecule has 2 aromatic carbocycles. The Hall–Kier alpha value is -6.11. The van der Waals surface area contributed by atoms with Crippen LogP contribution in [0, 0.1) is 11.6 Å². The number of pyridine rings is 2. The monoisotopic (exact) mass is 835 g/mol. The molecule has 1 saturated heterocycles. The average Bonchev–Trinajstić information content (AvgIpc) is 3.97. The van der Waals surface area contributed by atoms with Crippen LogP contribution in [0.2, 0.25) is 0 Å². The van der Waals surface area contributed by atoms with E-state index in [1.165, 1.54) is 11.3 Å². The van der Waals surface area contributed by atoms with Crippen LogP contribution in [0.1, 0.15) is 56.6 Å². The summed E-state index contributed by atoms with van der Waals surface area (Å²) < 4.78 is 102. The minimum absolute atomic E-state index is 0.0888. The number of amides is 2. The van der Waals surface area contributed by atoms with Gasteiger partial charge in [-0.3, -0.25) is 19.3 Å². The third kappa shape index (κ3) is 7.42. The summed E-state index contributed by atoms with van der Waals surface area (Å²) in [7, 11) is 0. The van der Waals surface area contributed by atoms with Crippen LogP contribution in [0.15, 0.2) is 67.0 Å². The van der Waals surface area contributed by atoms with Crippen molar-refractivity contribution in [1.29, 1.82) is 0 Å². The number of alkyl halides is 5. The molecule has 3 aliphatic rings. The SMILES string of the molecule is O=C(Cn1nc(C(F)(F)F)c2c1C(F)(F)CC2)NC(Cc1cc(F)cc(F)c1)c1nc2nc(N3CCN(c4ccncc4)CC3)sc2cc1-c1ccc2c(c1)C(=O)NC2. The molecule has 0 bridgehead atoms. The number of carbonyl (C=O) groups excluding carboxylic acids is 2. The number of nitrogens with zero attached hydrogens (tertiary/aromatic N) is 7. The third-order valence-electron chi connectivity index (χ3n) is 10.8. The summed E-state index contributed by atoms with van der Waals surface area (Å²) in [6.45, 7) is 1.98. The molecule has 0 radical (unpaired) electrons. The van der Waals surface area contributed by atoms with Crippen LogP contribution >= 0.6 is 11.3 Å². The topological polar surface area (TPSA) is 121 Å². The fourth-order valence-electron chi connectivity index (χ4n) is 8.03. The van der Waals surface area contributed by atoms with E-state index in [-0.39, 0.29) is 29.2 Å². The second-order valence-corrected chi connectivity index (χ2v) is 15.6. The predicted molar refractivity (Wildman–Crippen MR) is 203 cm³/mol. The van der Waals surface area contributed by atoms with Gasteiger partial charge in [-0.15, -0.1) is 0 Å². The average molecular weight is 836 g/mol. The summed E-state index contributed by atoms with van der Waals surface area (Å²) in [5.41, 5.74) is 0.509. The van der Waals surface area contributed by atoms with E-state index in [0.717, 1.165) is 23.4 Å². The zero-order chi connectivity index (χ0) is 41.2. The van der Waals surface area contributed by atoms with Crippen molar-refractivity contribution in [2.24, 2.45) is 0 Å². The predicted octanol–water partition coefficient (Wildman–Crippen LogP) is 6.96. The van der Waals surface area contributed by atoms with Crippen LogP contribution in [0.5, 0.6) is 0 Å². The summed E-state index contributed by atoms with van der Waals surface area (Å²) in [6.07, 6.45) is -3.32. The molecule has 9 rings (SSSR count). The molecule has 2 N–H and O–H groups in total. The molecule has 6 heterocycles. The molecule has 1 atom stereocenters. The second-order valence-electron chi connectivity index (χ2n) is 14.6. The molecule has 19 heteroatoms. The number of piperazine rings is 1. The number of aromatic nitrogens is 5. The van der Waals surface area contributed by atoms with Gasteiger partial charge in [0.25, 0.3) is 11.8 Å². The molecule has 59 heavy (non-hydrogen) atoms. The van der Waals surface area contributed by atoms with Crippen LogP contribution in [-0.2, 0) is 42.8 Å². The summed E-state index contributed by atoms with van der Waals surface area (Å²) in [6, 6.07) is 12.4. The Morgan fingerprint density at radius 2 is 1.66 bits per heavy atom. The number of nitrogens with one attached hydrogen (secondary N) is 2. The summed E-state index contributed by atoms with van der Waals surface area (Å²) in [5.74, 6) is -6.79. The Balaban J connectivity index is 1.12. The van der Waals surface area contributed by atoms with Gasteiger partial charge in [0.05, 0.1) is 16.4 Å². The summed E-state index contributed by atoms with van der Waals surface area (Å²) in [5, 5.41) is 9.57. The lowest BCUT2D eigenvalue weighted by atomic mass is 9.93. The lowest BCUT2D eigenvalue weighted by Gasteiger charge is -2.35. The minimum atomic E-state index is -5.04. The van der Waals surface area contributed by atoms with E-state index in [0.29, 0.717) is 70.0 Å². The highest BCUT2D eigenvalue weighted by Crippen LogP contribution is 2.46. The van der Waals surface area contributed by atoms with Gasteiger partial charge in [-0.2, -0.15) is 32.0 Å². The Labute approximate surface area is 334 Å². The van der Waals surface area contributed by atoms with E-state index in [9.17, 15) is 31.5 Å². The first-order valence-electron chi connectivity index (χ1n) is 18.6. The van der Waals surface area contributed by atoms with Crippen molar-refractivity contribution in [1.82, 2.24) is 35.4 Å². The maximum absolute atomic E-state index is 15.0. The first-order valence-corrected chi connectivity index (χ1v) is 19.4. The molecule has 1 fully saturated rings. The molecule has 2 amide bonds. The highest BCUT2D eigenvalue weighted by atomic mass is 32.1. The quantitative estimate of drug-likeness (QED) is 0.150. The molecule has 11 nitrogen and oxygen atoms in total. The number of benzene rings is 2. The smallest absolute Gasteiger partial charge is 0.368 e. The highest BCUT2D eigenvalue weighted by Gasteiger charge is 2.50. The minimum Gasteiger partial charge on any atom is -0.368 e. The van der Waals surface area contributed by atoms with E-state index in [1.807, 2.05) is 12.1 Å². The molecule has 4 aromatic heterocycles. The van der Waals surface area contributed by atoms with E-state index < -0.39 is 72.0 Å². The number of halogens is 7. The van der Waals surface area contributed by atoms with Crippen molar-refractivity contribution in [2.45, 2.75) is 50.5 Å². The van der Waals surface area contributed by atoms with Gasteiger partial charge in [-0.1, -0.05) is 23.5 Å². The van der Waals surface area contributed by atoms with Gasteiger partial charge in [0.2, 0.25) is 5.91 Å². The molecular weight excluding hydrogens is 804 g/mol. The van der Waals surface area contributed by atoms with Gasteiger partial charge in [0, 0.05) is 80.0 Å². The van der Waals surface area contributed by atoms with Gasteiger partial charge in [0.1, 0.15) is 23.9 Å². The highest BCUT2D eigenvalue weighted by molar-refractivity contribution is 7.22. The van der Waals surface area contributed by atoms with Crippen molar-refractivity contribution >= 4 is 44.3 Å². The van der Waals surface area contributed by atoms with Crippen LogP contribution in [0.4, 0.5) is 41.6 Å². The molecule has 304 valence electrons. The van der Waals surface area contributed by atoms with Crippen LogP contribution in [0.25, 0.3) is 21.5 Å². The van der Waals surface area contributed by atoms with Crippen LogP contribution in [0.3, 0.4) is 0 Å². The number of hydrogen-bond acceptors (Lipinski definition) is 9. The first kappa shape index (κ1) is 38.4. The molecule has 6 aromatic rings. The van der Waals surface area contributed by atoms with Gasteiger partial charge in [-0.05, 0) is 65.9 Å². The van der Waals surface area contributed by atoms with Gasteiger partial charge >= 0.3 is 6.18 Å². The lowest BCUT2D eigenvalue weighted by molar-refractivity contribution is -0.142. The van der Waals surface area contributed by atoms with Crippen molar-refractivity contribution in [3.8, 4) is 11.1 Å². The number of thiazole rings is 1. The lowest BCUT2D eigenvalue weighted by Crippen LogP contribution is -2.46. The maximum Gasteiger partial charge on any atom is 0.435 e. The molecule has 0 saturated carbocycles. The van der Waals surface area contributed by atoms with E-state index in [2.05, 4.69) is 30.5 Å². The number of anilines is 2. The van der Waals surface area contributed by atoms with Crippen molar-refractivity contribution in [2.75, 3.05) is 36.0 Å². The number of rotatable bonds is 9. The Bertz CT molecular complexity index is 2600. The number of fused-ring (bicyclic) bond motifs is 3. The molecular formula is C40H32F7N9O2S. The normalized spacial score (nSPS) is 16.6. The number of hydrogen-bond donors (Lipinski definition) is 2. The standard InChI is InChI=1S/C40H32F7N9O2S/c41-24-13-21(14-25(42)17-24)15-30(50-32(57)20-56-35-27(3-6-39(35,43)44)34(53-56)40(45,46)47)33-28(22-1-2-23-19-49-37(58)29(23)16-22)18-31-36(51-33)52-38(59-31)55-11-9-54(10-12-55)26-4-7-48-8-5-26/h1-2,4-5,7-8,13-14,16-18,30H,3,6,9-12,15,19-20H2,(H,49,58)(H,50,57). The summed E-state index contributed by atoms with van der Waals surface area (Å²) >= 11 is 1.38. The third-order valence-corrected chi connectivity index (χ3v) is 11.8. The van der Waals surface area contributed by atoms with Crippen LogP contribution in [-0.4, -0.2) is 62.7 Å². The van der Waals surface area contributed by atoms with E-state index in [4.69, 9.17) is 9.97 Å². The fraction of sp³-hybridized carbons (Fsp3) is 0.300. The largest absolute Gasteiger partial charge is 0.435 e. The molecule has 0 spiro atoms. The first-order chi connectivity index (χ1) is 28.2. The van der Waals surface area contributed by atoms with E-state index in [1.54, 1.807) is 36.7 Å². The van der Waals surface area contributed by atoms with Crippen molar-refractivity contribution in [3.63, 3.8) is 0 Å². The molecule has 1 aliphatic carbocycles. The maximum atomic E-state index is 15.0. The van der Waals surface area contributed by atoms with Crippen molar-refractivity contribution in [3.05, 3.63) is 118 Å². The molecule has 1 unspecified atom stereocenters. The summed E-state index contributed by atoms with van der Waals surface area (Å²) in [4.78, 5) is 44.9. The zero-order valence-corrected chi connectivity index (χ0v) is 31.6. The fourth-order valence-corrected chi connectivity index (χ4v) is 9.03. The Kier molecular flexibility index (Phi) is 9.51. The van der Waals surface area contributed by atoms with Gasteiger partial charge in [-0.25, -0.2) is 13.8 Å². The van der Waals surface area contributed by atoms with Gasteiger partial charge < -0.3 is 20.4 Å². The van der Waals surface area contributed by atoms with E-state index >= 15 is 8.78 Å². The molecule has 2 aliphatic heterocycles. The number of carbonyl (C=O) groups is 2.